The van der Waals surface area contributed by atoms with E-state index in [4.69, 9.17) is 14.2 Å². The monoisotopic (exact) mass is 610 g/mol. The summed E-state index contributed by atoms with van der Waals surface area (Å²) < 4.78 is 17.7. The Labute approximate surface area is 239 Å². The van der Waals surface area contributed by atoms with Gasteiger partial charge < -0.3 is 19.5 Å². The van der Waals surface area contributed by atoms with Gasteiger partial charge in [-0.05, 0) is 95.1 Å². The molecule has 1 fully saturated rings. The molecule has 3 amide bonds. The minimum atomic E-state index is -0.385. The maximum absolute atomic E-state index is 12.9. The van der Waals surface area contributed by atoms with Crippen LogP contribution in [0.4, 0.5) is 10.5 Å². The van der Waals surface area contributed by atoms with Crippen molar-refractivity contribution in [3.63, 3.8) is 0 Å². The van der Waals surface area contributed by atoms with Gasteiger partial charge in [-0.3, -0.25) is 19.3 Å². The summed E-state index contributed by atoms with van der Waals surface area (Å²) >= 11 is 4.36. The van der Waals surface area contributed by atoms with Gasteiger partial charge in [-0.1, -0.05) is 30.3 Å². The third kappa shape index (κ3) is 7.64. The number of halogens is 1. The number of nitrogens with zero attached hydrogens (tertiary/aromatic N) is 1. The maximum atomic E-state index is 12.9. The summed E-state index contributed by atoms with van der Waals surface area (Å²) in [5.74, 6) is 0.729. The standard InChI is InChI=1S/C29H27BrN2O6S/c1-3-36-24-16-20(15-23(30)27(24)38-18-26(33)31-21-9-7-8-19(2)14-21)17-25-28(34)32(29(35)39-25)12-13-37-22-10-5-4-6-11-22/h4-11,14-17H,3,12-13,18H2,1-2H3,(H,31,33)/b25-17-. The molecule has 202 valence electrons. The van der Waals surface area contributed by atoms with Crippen molar-refractivity contribution in [3.8, 4) is 17.2 Å². The van der Waals surface area contributed by atoms with Crippen molar-refractivity contribution >= 4 is 56.5 Å². The van der Waals surface area contributed by atoms with Gasteiger partial charge in [0.2, 0.25) is 0 Å². The van der Waals surface area contributed by atoms with Crippen molar-refractivity contribution in [1.82, 2.24) is 4.90 Å². The Morgan fingerprint density at radius 1 is 1.03 bits per heavy atom. The molecule has 0 aliphatic carbocycles. The van der Waals surface area contributed by atoms with Crippen LogP contribution in [-0.4, -0.2) is 48.3 Å². The number of hydrogen-bond acceptors (Lipinski definition) is 7. The van der Waals surface area contributed by atoms with Crippen LogP contribution >= 0.6 is 27.7 Å². The molecule has 1 heterocycles. The van der Waals surface area contributed by atoms with Gasteiger partial charge in [0.15, 0.2) is 18.1 Å². The minimum absolute atomic E-state index is 0.141. The summed E-state index contributed by atoms with van der Waals surface area (Å²) in [4.78, 5) is 39.3. The highest BCUT2D eigenvalue weighted by Gasteiger charge is 2.35. The third-order valence-electron chi connectivity index (χ3n) is 5.48. The lowest BCUT2D eigenvalue weighted by atomic mass is 10.2. The fourth-order valence-electron chi connectivity index (χ4n) is 3.75. The van der Waals surface area contributed by atoms with Crippen molar-refractivity contribution in [2.75, 3.05) is 31.7 Å². The van der Waals surface area contributed by atoms with Crippen molar-refractivity contribution in [2.45, 2.75) is 13.8 Å². The van der Waals surface area contributed by atoms with Crippen molar-refractivity contribution < 1.29 is 28.6 Å². The zero-order valence-corrected chi connectivity index (χ0v) is 23.8. The second-order valence-corrected chi connectivity index (χ2v) is 10.3. The Kier molecular flexibility index (Phi) is 9.67. The Hall–Kier alpha value is -3.76. The van der Waals surface area contributed by atoms with E-state index < -0.39 is 0 Å². The van der Waals surface area contributed by atoms with Crippen molar-refractivity contribution in [1.29, 1.82) is 0 Å². The second kappa shape index (κ2) is 13.3. The van der Waals surface area contributed by atoms with Crippen LogP contribution in [0.3, 0.4) is 0 Å². The van der Waals surface area contributed by atoms with Crippen molar-refractivity contribution in [2.24, 2.45) is 0 Å². The molecular formula is C29H27BrN2O6S. The zero-order chi connectivity index (χ0) is 27.8. The summed E-state index contributed by atoms with van der Waals surface area (Å²) in [5, 5.41) is 2.45. The van der Waals surface area contributed by atoms with Crippen LogP contribution in [0.1, 0.15) is 18.1 Å². The van der Waals surface area contributed by atoms with Crippen LogP contribution in [0.25, 0.3) is 6.08 Å². The molecule has 0 unspecified atom stereocenters. The fourth-order valence-corrected chi connectivity index (χ4v) is 5.19. The molecule has 10 heteroatoms. The Bertz CT molecular complexity index is 1400. The number of thioether (sulfide) groups is 1. The number of ether oxygens (including phenoxy) is 3. The van der Waals surface area contributed by atoms with Gasteiger partial charge in [0.25, 0.3) is 17.1 Å². The smallest absolute Gasteiger partial charge is 0.293 e. The molecule has 1 aliphatic rings. The number of amides is 3. The van der Waals surface area contributed by atoms with Crippen molar-refractivity contribution in [3.05, 3.63) is 87.2 Å². The number of carbonyl (C=O) groups excluding carboxylic acids is 3. The SMILES string of the molecule is CCOc1cc(/C=C2\SC(=O)N(CCOc3ccccc3)C2=O)cc(Br)c1OCC(=O)Nc1cccc(C)c1. The molecule has 1 aliphatic heterocycles. The van der Waals surface area contributed by atoms with E-state index in [0.717, 1.165) is 17.3 Å². The number of aryl methyl sites for hydroxylation is 1. The Balaban J connectivity index is 1.42. The summed E-state index contributed by atoms with van der Waals surface area (Å²) in [6.45, 7) is 4.24. The topological polar surface area (TPSA) is 94.2 Å². The van der Waals surface area contributed by atoms with Crippen LogP contribution in [0, 0.1) is 6.92 Å². The van der Waals surface area contributed by atoms with E-state index in [1.165, 1.54) is 4.90 Å². The molecule has 1 N–H and O–H groups in total. The number of imide groups is 1. The van der Waals surface area contributed by atoms with E-state index in [2.05, 4.69) is 21.2 Å². The van der Waals surface area contributed by atoms with Crippen LogP contribution in [-0.2, 0) is 9.59 Å². The first-order chi connectivity index (χ1) is 18.8. The van der Waals surface area contributed by atoms with Crippen LogP contribution in [0.2, 0.25) is 0 Å². The van der Waals surface area contributed by atoms with Gasteiger partial charge in [0.05, 0.1) is 22.5 Å². The lowest BCUT2D eigenvalue weighted by Gasteiger charge is -2.15. The summed E-state index contributed by atoms with van der Waals surface area (Å²) in [7, 11) is 0. The number of hydrogen-bond donors (Lipinski definition) is 1. The molecule has 4 rings (SSSR count). The fraction of sp³-hybridized carbons (Fsp3) is 0.207. The number of anilines is 1. The summed E-state index contributed by atoms with van der Waals surface area (Å²) in [6.07, 6.45) is 1.63. The van der Waals surface area contributed by atoms with Crippen LogP contribution in [0.5, 0.6) is 17.2 Å². The molecule has 3 aromatic rings. The average molecular weight is 612 g/mol. The van der Waals surface area contributed by atoms with E-state index in [1.54, 1.807) is 24.3 Å². The Morgan fingerprint density at radius 3 is 2.56 bits per heavy atom. The molecule has 3 aromatic carbocycles. The predicted octanol–water partition coefficient (Wildman–Crippen LogP) is 6.29. The first-order valence-electron chi connectivity index (χ1n) is 12.2. The van der Waals surface area contributed by atoms with Gasteiger partial charge in [-0.25, -0.2) is 0 Å². The van der Waals surface area contributed by atoms with E-state index >= 15 is 0 Å². The zero-order valence-electron chi connectivity index (χ0n) is 21.4. The molecule has 0 aromatic heterocycles. The lowest BCUT2D eigenvalue weighted by Crippen LogP contribution is -2.32. The minimum Gasteiger partial charge on any atom is -0.492 e. The number of rotatable bonds is 11. The highest BCUT2D eigenvalue weighted by molar-refractivity contribution is 9.10. The first-order valence-corrected chi connectivity index (χ1v) is 13.8. The summed E-state index contributed by atoms with van der Waals surface area (Å²) in [6, 6.07) is 20.1. The molecular weight excluding hydrogens is 584 g/mol. The highest BCUT2D eigenvalue weighted by Crippen LogP contribution is 2.39. The molecule has 0 saturated carbocycles. The molecule has 0 atom stereocenters. The second-order valence-electron chi connectivity index (χ2n) is 8.46. The quantitative estimate of drug-likeness (QED) is 0.255. The predicted molar refractivity (Wildman–Crippen MR) is 155 cm³/mol. The van der Waals surface area contributed by atoms with E-state index in [-0.39, 0.29) is 36.8 Å². The molecule has 1 saturated heterocycles. The van der Waals surface area contributed by atoms with Gasteiger partial charge in [-0.2, -0.15) is 0 Å². The largest absolute Gasteiger partial charge is 0.492 e. The van der Waals surface area contributed by atoms with Gasteiger partial charge in [0, 0.05) is 5.69 Å². The number of para-hydroxylation sites is 1. The van der Waals surface area contributed by atoms with Crippen LogP contribution < -0.4 is 19.5 Å². The van der Waals surface area contributed by atoms with Gasteiger partial charge in [-0.15, -0.1) is 0 Å². The molecule has 0 radical (unpaired) electrons. The highest BCUT2D eigenvalue weighted by atomic mass is 79.9. The normalized spacial score (nSPS) is 14.0. The lowest BCUT2D eigenvalue weighted by molar-refractivity contribution is -0.123. The van der Waals surface area contributed by atoms with Crippen LogP contribution in [0.15, 0.2) is 76.1 Å². The molecule has 0 spiro atoms. The molecule has 0 bridgehead atoms. The molecule has 39 heavy (non-hydrogen) atoms. The van der Waals surface area contributed by atoms with E-state index in [1.807, 2.05) is 62.4 Å². The Morgan fingerprint density at radius 2 is 1.82 bits per heavy atom. The third-order valence-corrected chi connectivity index (χ3v) is 6.98. The average Bonchev–Trinajstić information content (AvgIpc) is 3.16. The number of nitrogens with one attached hydrogen (secondary N) is 1. The summed E-state index contributed by atoms with van der Waals surface area (Å²) in [5.41, 5.74) is 2.35. The van der Waals surface area contributed by atoms with Gasteiger partial charge >= 0.3 is 0 Å². The molecule has 8 nitrogen and oxygen atoms in total. The van der Waals surface area contributed by atoms with E-state index in [0.29, 0.717) is 44.5 Å². The van der Waals surface area contributed by atoms with Gasteiger partial charge in [0.1, 0.15) is 12.4 Å². The van der Waals surface area contributed by atoms with E-state index in [9.17, 15) is 14.4 Å². The number of carbonyl (C=O) groups is 3. The first kappa shape index (κ1) is 28.3. The number of benzene rings is 3. The maximum Gasteiger partial charge on any atom is 0.293 e.